The minimum atomic E-state index is -0.290. The first-order valence-electron chi connectivity index (χ1n) is 12.5. The van der Waals surface area contributed by atoms with E-state index >= 15 is 0 Å². The van der Waals surface area contributed by atoms with E-state index in [0.717, 1.165) is 28.1 Å². The number of amidine groups is 1. The lowest BCUT2D eigenvalue weighted by atomic mass is 9.84. The largest absolute Gasteiger partial charge is 0.494 e. The molecule has 9 nitrogen and oxygen atoms in total. The van der Waals surface area contributed by atoms with Gasteiger partial charge in [0.05, 0.1) is 31.5 Å². The standard InChI is InChI=1S/C28H38ClN5O4/c1-28(2,3)21-11-17(12-23(25(21)38-8)33(7)9-10-35)24(36)16-34-15-18-13-22(32(5)6)20(27(37)30-4)14-19(18)26(34)31-29/h11-14,35H,9-10,15-16H2,1-8H3,(H,30,37). The van der Waals surface area contributed by atoms with E-state index in [-0.39, 0.29) is 30.3 Å². The number of ketones is 1. The van der Waals surface area contributed by atoms with Crippen LogP contribution in [-0.4, -0.2) is 82.5 Å². The van der Waals surface area contributed by atoms with Crippen LogP contribution in [0, 0.1) is 0 Å². The number of nitrogens with one attached hydrogen (secondary N) is 1. The first-order valence-corrected chi connectivity index (χ1v) is 12.8. The molecule has 0 aromatic heterocycles. The topological polar surface area (TPSA) is 97.7 Å². The quantitative estimate of drug-likeness (QED) is 0.467. The van der Waals surface area contributed by atoms with Crippen molar-refractivity contribution in [2.75, 3.05) is 64.8 Å². The van der Waals surface area contributed by atoms with Crippen molar-refractivity contribution in [2.45, 2.75) is 32.7 Å². The number of methoxy groups -OCH3 is 1. The van der Waals surface area contributed by atoms with E-state index in [1.54, 1.807) is 26.3 Å². The number of halogens is 1. The average Bonchev–Trinajstić information content (AvgIpc) is 3.21. The molecule has 2 N–H and O–H groups in total. The summed E-state index contributed by atoms with van der Waals surface area (Å²) in [5.74, 6) is 0.807. The number of rotatable bonds is 9. The Morgan fingerprint density at radius 3 is 2.37 bits per heavy atom. The number of fused-ring (bicyclic) bond motifs is 1. The predicted molar refractivity (Wildman–Crippen MR) is 153 cm³/mol. The second kappa shape index (κ2) is 11.6. The first kappa shape index (κ1) is 29.3. The van der Waals surface area contributed by atoms with Crippen molar-refractivity contribution >= 4 is 40.7 Å². The third-order valence-electron chi connectivity index (χ3n) is 6.74. The summed E-state index contributed by atoms with van der Waals surface area (Å²) in [5, 5.41) is 12.2. The number of aliphatic hydroxyl groups is 1. The maximum absolute atomic E-state index is 13.7. The average molecular weight is 544 g/mol. The third-order valence-corrected chi connectivity index (χ3v) is 6.90. The highest BCUT2D eigenvalue weighted by Gasteiger charge is 2.31. The molecule has 0 radical (unpaired) electrons. The number of Topliss-reactive ketones (excluding diaryl/α,β-unsaturated/α-hetero) is 1. The molecule has 0 bridgehead atoms. The minimum Gasteiger partial charge on any atom is -0.494 e. The molecule has 206 valence electrons. The second-order valence-electron chi connectivity index (χ2n) is 10.7. The van der Waals surface area contributed by atoms with Crippen molar-refractivity contribution in [3.63, 3.8) is 0 Å². The lowest BCUT2D eigenvalue weighted by molar-refractivity contribution is 0.0955. The SMILES string of the molecule is CNC(=O)c1cc2c(cc1N(C)C)CN(CC(=O)c1cc(N(C)CCO)c(OC)c(C(C)(C)C)c1)C2=NCl. The van der Waals surface area contributed by atoms with E-state index in [4.69, 9.17) is 16.5 Å². The van der Waals surface area contributed by atoms with Crippen LogP contribution in [-0.2, 0) is 12.0 Å². The van der Waals surface area contributed by atoms with Crippen molar-refractivity contribution in [1.29, 1.82) is 0 Å². The molecule has 0 aliphatic carbocycles. The molecule has 2 aromatic rings. The highest BCUT2D eigenvalue weighted by Crippen LogP contribution is 2.40. The normalized spacial score (nSPS) is 13.9. The fourth-order valence-corrected chi connectivity index (χ4v) is 4.90. The molecule has 38 heavy (non-hydrogen) atoms. The molecule has 0 fully saturated rings. The molecule has 0 saturated heterocycles. The zero-order valence-corrected chi connectivity index (χ0v) is 24.2. The molecule has 1 aliphatic rings. The van der Waals surface area contributed by atoms with Crippen LogP contribution in [0.4, 0.5) is 11.4 Å². The number of anilines is 2. The van der Waals surface area contributed by atoms with Crippen molar-refractivity contribution in [1.82, 2.24) is 10.2 Å². The van der Waals surface area contributed by atoms with Gasteiger partial charge >= 0.3 is 0 Å². The molecule has 0 unspecified atom stereocenters. The zero-order valence-electron chi connectivity index (χ0n) is 23.5. The Hall–Kier alpha value is -3.30. The number of amides is 1. The van der Waals surface area contributed by atoms with Gasteiger partial charge in [0, 0.05) is 75.4 Å². The van der Waals surface area contributed by atoms with Crippen LogP contribution >= 0.6 is 11.8 Å². The summed E-state index contributed by atoms with van der Waals surface area (Å²) in [6.07, 6.45) is 0. The lowest BCUT2D eigenvalue weighted by Gasteiger charge is -2.29. The number of carbonyl (C=O) groups excluding carboxylic acids is 2. The van der Waals surface area contributed by atoms with E-state index in [9.17, 15) is 14.7 Å². The Morgan fingerprint density at radius 2 is 1.84 bits per heavy atom. The Balaban J connectivity index is 2.02. The number of nitrogens with zero attached hydrogens (tertiary/aromatic N) is 4. The number of aliphatic hydroxyl groups excluding tert-OH is 1. The summed E-state index contributed by atoms with van der Waals surface area (Å²) >= 11 is 6.03. The number of hydrogen-bond donors (Lipinski definition) is 2. The molecular weight excluding hydrogens is 506 g/mol. The fraction of sp³-hybridized carbons (Fsp3) is 0.464. The van der Waals surface area contributed by atoms with Gasteiger partial charge in [-0.1, -0.05) is 20.8 Å². The van der Waals surface area contributed by atoms with Gasteiger partial charge in [-0.3, -0.25) is 9.59 Å². The predicted octanol–water partition coefficient (Wildman–Crippen LogP) is 3.45. The van der Waals surface area contributed by atoms with Crippen molar-refractivity contribution < 1.29 is 19.4 Å². The summed E-state index contributed by atoms with van der Waals surface area (Å²) in [6.45, 7) is 7.04. The van der Waals surface area contributed by atoms with Gasteiger partial charge in [-0.15, -0.1) is 0 Å². The fourth-order valence-electron chi connectivity index (χ4n) is 4.70. The lowest BCUT2D eigenvalue weighted by Crippen LogP contribution is -2.31. The Labute approximate surface area is 230 Å². The first-order chi connectivity index (χ1) is 17.9. The molecule has 1 aliphatic heterocycles. The summed E-state index contributed by atoms with van der Waals surface area (Å²) < 4.78 is 9.74. The third kappa shape index (κ3) is 5.73. The highest BCUT2D eigenvalue weighted by molar-refractivity contribution is 6.23. The number of benzene rings is 2. The van der Waals surface area contributed by atoms with Gasteiger partial charge in [0.2, 0.25) is 0 Å². The van der Waals surface area contributed by atoms with Crippen LogP contribution in [0.3, 0.4) is 0 Å². The van der Waals surface area contributed by atoms with Crippen LogP contribution in [0.15, 0.2) is 28.8 Å². The van der Waals surface area contributed by atoms with Gasteiger partial charge in [-0.05, 0) is 35.2 Å². The van der Waals surface area contributed by atoms with Gasteiger partial charge in [0.15, 0.2) is 11.6 Å². The molecule has 0 saturated carbocycles. The molecule has 10 heteroatoms. The van der Waals surface area contributed by atoms with Gasteiger partial charge in [0.1, 0.15) is 5.75 Å². The number of ether oxygens (including phenoxy) is 1. The number of likely N-dealkylation sites (N-methyl/N-ethyl adjacent to an activating group) is 1. The molecular formula is C28H38ClN5O4. The zero-order chi connectivity index (χ0) is 28.4. The van der Waals surface area contributed by atoms with E-state index in [2.05, 4.69) is 30.6 Å². The second-order valence-corrected chi connectivity index (χ2v) is 10.8. The maximum atomic E-state index is 13.7. The van der Waals surface area contributed by atoms with Crippen molar-refractivity contribution in [3.8, 4) is 5.75 Å². The molecule has 2 aromatic carbocycles. The molecule has 0 spiro atoms. The Morgan fingerprint density at radius 1 is 1.16 bits per heavy atom. The summed E-state index contributed by atoms with van der Waals surface area (Å²) in [7, 11) is 8.81. The van der Waals surface area contributed by atoms with Crippen LogP contribution in [0.25, 0.3) is 0 Å². The van der Waals surface area contributed by atoms with Gasteiger partial charge in [0.25, 0.3) is 5.91 Å². The van der Waals surface area contributed by atoms with Crippen LogP contribution < -0.4 is 19.9 Å². The number of carbonyl (C=O) groups is 2. The van der Waals surface area contributed by atoms with Gasteiger partial charge < -0.3 is 29.9 Å². The van der Waals surface area contributed by atoms with E-state index < -0.39 is 0 Å². The Bertz CT molecular complexity index is 1250. The highest BCUT2D eigenvalue weighted by atomic mass is 35.5. The van der Waals surface area contributed by atoms with Crippen LogP contribution in [0.1, 0.15) is 58.2 Å². The molecule has 1 heterocycles. The van der Waals surface area contributed by atoms with E-state index in [1.165, 1.54) is 0 Å². The summed E-state index contributed by atoms with van der Waals surface area (Å²) in [6, 6.07) is 7.41. The summed E-state index contributed by atoms with van der Waals surface area (Å²) in [5.41, 5.74) is 4.80. The monoisotopic (exact) mass is 543 g/mol. The van der Waals surface area contributed by atoms with Crippen LogP contribution in [0.2, 0.25) is 0 Å². The smallest absolute Gasteiger partial charge is 0.253 e. The van der Waals surface area contributed by atoms with Crippen molar-refractivity contribution in [2.24, 2.45) is 4.51 Å². The van der Waals surface area contributed by atoms with E-state index in [1.807, 2.05) is 48.0 Å². The van der Waals surface area contributed by atoms with Gasteiger partial charge in [-0.2, -0.15) is 4.51 Å². The van der Waals surface area contributed by atoms with Crippen LogP contribution in [0.5, 0.6) is 5.75 Å². The summed E-state index contributed by atoms with van der Waals surface area (Å²) in [4.78, 5) is 31.9. The van der Waals surface area contributed by atoms with E-state index in [0.29, 0.717) is 35.8 Å². The molecule has 3 rings (SSSR count). The minimum absolute atomic E-state index is 0.0305. The molecule has 0 atom stereocenters. The van der Waals surface area contributed by atoms with Gasteiger partial charge in [-0.25, -0.2) is 0 Å². The Kier molecular flexibility index (Phi) is 8.94. The maximum Gasteiger partial charge on any atom is 0.253 e. The number of hydrogen-bond acceptors (Lipinski definition) is 7. The van der Waals surface area contributed by atoms with Crippen molar-refractivity contribution in [3.05, 3.63) is 52.1 Å². The molecule has 1 amide bonds.